The number of hydrogen-bond acceptors (Lipinski definition) is 1. The normalized spacial score (nSPS) is 13.3. The summed E-state index contributed by atoms with van der Waals surface area (Å²) in [6, 6.07) is 7.61. The van der Waals surface area contributed by atoms with E-state index in [1.165, 1.54) is 18.2 Å². The molecular weight excluding hydrogens is 296 g/mol. The Balaban J connectivity index is 2.40. The highest BCUT2D eigenvalue weighted by molar-refractivity contribution is 6.30. The van der Waals surface area contributed by atoms with E-state index in [0.717, 1.165) is 24.3 Å². The first-order valence-electron chi connectivity index (χ1n) is 5.58. The van der Waals surface area contributed by atoms with Crippen molar-refractivity contribution in [1.82, 2.24) is 0 Å². The van der Waals surface area contributed by atoms with Gasteiger partial charge in [0.25, 0.3) is 0 Å². The fourth-order valence-corrected chi connectivity index (χ4v) is 2.04. The molecule has 0 aromatic heterocycles. The van der Waals surface area contributed by atoms with Crippen LogP contribution in [0.4, 0.5) is 17.6 Å². The first-order valence-corrected chi connectivity index (χ1v) is 5.96. The quantitative estimate of drug-likeness (QED) is 0.805. The summed E-state index contributed by atoms with van der Waals surface area (Å²) in [6.45, 7) is 0. The zero-order chi connectivity index (χ0) is 14.9. The summed E-state index contributed by atoms with van der Waals surface area (Å²) in [4.78, 5) is 0. The van der Waals surface area contributed by atoms with Gasteiger partial charge in [0.05, 0.1) is 5.56 Å². The molecule has 0 saturated carbocycles. The van der Waals surface area contributed by atoms with Crippen molar-refractivity contribution < 1.29 is 22.7 Å². The van der Waals surface area contributed by atoms with Gasteiger partial charge in [0, 0.05) is 5.02 Å². The van der Waals surface area contributed by atoms with Crippen LogP contribution in [0.15, 0.2) is 42.5 Å². The number of benzene rings is 2. The monoisotopic (exact) mass is 304 g/mol. The smallest absolute Gasteiger partial charge is 0.384 e. The molecule has 0 saturated heterocycles. The van der Waals surface area contributed by atoms with E-state index in [1.54, 1.807) is 0 Å². The summed E-state index contributed by atoms with van der Waals surface area (Å²) < 4.78 is 51.0. The van der Waals surface area contributed by atoms with Gasteiger partial charge in [0.1, 0.15) is 11.9 Å². The topological polar surface area (TPSA) is 20.2 Å². The van der Waals surface area contributed by atoms with E-state index in [4.69, 9.17) is 11.6 Å². The van der Waals surface area contributed by atoms with Gasteiger partial charge in [0.2, 0.25) is 0 Å². The minimum atomic E-state index is -4.50. The molecule has 106 valence electrons. The maximum atomic E-state index is 13.2. The van der Waals surface area contributed by atoms with Gasteiger partial charge < -0.3 is 5.11 Å². The summed E-state index contributed by atoms with van der Waals surface area (Å²) in [7, 11) is 0. The van der Waals surface area contributed by atoms with Crippen LogP contribution in [0.3, 0.4) is 0 Å². The molecule has 1 N–H and O–H groups in total. The fraction of sp³-hybridized carbons (Fsp3) is 0.143. The number of aliphatic hydroxyl groups excluding tert-OH is 1. The van der Waals surface area contributed by atoms with Crippen LogP contribution in [-0.2, 0) is 6.18 Å². The van der Waals surface area contributed by atoms with E-state index in [9.17, 15) is 22.7 Å². The Morgan fingerprint density at radius 2 is 1.70 bits per heavy atom. The first kappa shape index (κ1) is 14.8. The molecule has 0 bridgehead atoms. The highest BCUT2D eigenvalue weighted by atomic mass is 35.5. The van der Waals surface area contributed by atoms with E-state index in [0.29, 0.717) is 0 Å². The Kier molecular flexibility index (Phi) is 4.01. The van der Waals surface area contributed by atoms with Crippen LogP contribution in [-0.4, -0.2) is 5.11 Å². The summed E-state index contributed by atoms with van der Waals surface area (Å²) in [5.41, 5.74) is -0.771. The molecule has 0 heterocycles. The van der Waals surface area contributed by atoms with Gasteiger partial charge in [-0.2, -0.15) is 13.2 Å². The molecule has 0 aliphatic heterocycles. The SMILES string of the molecule is OC(c1cc(F)cc(Cl)c1)c1cccc(C(F)(F)F)c1. The van der Waals surface area contributed by atoms with Crippen molar-refractivity contribution in [2.24, 2.45) is 0 Å². The molecule has 1 unspecified atom stereocenters. The van der Waals surface area contributed by atoms with Gasteiger partial charge in [0.15, 0.2) is 0 Å². The Hall–Kier alpha value is -1.59. The maximum Gasteiger partial charge on any atom is 0.416 e. The van der Waals surface area contributed by atoms with Crippen LogP contribution in [0.25, 0.3) is 0 Å². The van der Waals surface area contributed by atoms with Crippen molar-refractivity contribution in [1.29, 1.82) is 0 Å². The Morgan fingerprint density at radius 1 is 1.00 bits per heavy atom. The number of rotatable bonds is 2. The van der Waals surface area contributed by atoms with E-state index < -0.39 is 23.7 Å². The lowest BCUT2D eigenvalue weighted by Crippen LogP contribution is -2.07. The number of halogens is 5. The molecule has 0 fully saturated rings. The Morgan fingerprint density at radius 3 is 2.30 bits per heavy atom. The van der Waals surface area contributed by atoms with Gasteiger partial charge in [-0.1, -0.05) is 23.7 Å². The zero-order valence-electron chi connectivity index (χ0n) is 9.96. The van der Waals surface area contributed by atoms with Crippen LogP contribution in [0.2, 0.25) is 5.02 Å². The van der Waals surface area contributed by atoms with Crippen LogP contribution in [0.1, 0.15) is 22.8 Å². The predicted molar refractivity (Wildman–Crippen MR) is 66.9 cm³/mol. The average Bonchev–Trinajstić information content (AvgIpc) is 2.36. The van der Waals surface area contributed by atoms with Gasteiger partial charge >= 0.3 is 6.18 Å². The maximum absolute atomic E-state index is 13.2. The second-order valence-electron chi connectivity index (χ2n) is 4.23. The van der Waals surface area contributed by atoms with Gasteiger partial charge in [-0.25, -0.2) is 4.39 Å². The molecule has 0 aliphatic rings. The van der Waals surface area contributed by atoms with E-state index in [1.807, 2.05) is 0 Å². The molecule has 2 aromatic carbocycles. The lowest BCUT2D eigenvalue weighted by Gasteiger charge is -2.14. The molecule has 20 heavy (non-hydrogen) atoms. The largest absolute Gasteiger partial charge is 0.416 e. The molecule has 1 atom stereocenters. The van der Waals surface area contributed by atoms with Gasteiger partial charge in [-0.15, -0.1) is 0 Å². The van der Waals surface area contributed by atoms with E-state index >= 15 is 0 Å². The highest BCUT2D eigenvalue weighted by Gasteiger charge is 2.31. The molecule has 0 spiro atoms. The van der Waals surface area contributed by atoms with Crippen LogP contribution in [0, 0.1) is 5.82 Å². The molecule has 2 rings (SSSR count). The van der Waals surface area contributed by atoms with Crippen molar-refractivity contribution in [2.75, 3.05) is 0 Å². The Bertz CT molecular complexity index is 605. The predicted octanol–water partition coefficient (Wildman–Crippen LogP) is 4.58. The zero-order valence-corrected chi connectivity index (χ0v) is 10.7. The Labute approximate surface area is 117 Å². The molecular formula is C14H9ClF4O. The first-order chi connectivity index (χ1) is 9.27. The van der Waals surface area contributed by atoms with Crippen molar-refractivity contribution in [3.05, 3.63) is 70.0 Å². The standard InChI is InChI=1S/C14H9ClF4O/c15-11-5-9(6-12(16)7-11)13(20)8-2-1-3-10(4-8)14(17,18)19/h1-7,13,20H. The van der Waals surface area contributed by atoms with Crippen molar-refractivity contribution in [3.8, 4) is 0 Å². The van der Waals surface area contributed by atoms with Crippen LogP contribution >= 0.6 is 11.6 Å². The molecule has 0 radical (unpaired) electrons. The highest BCUT2D eigenvalue weighted by Crippen LogP contribution is 2.32. The van der Waals surface area contributed by atoms with Crippen molar-refractivity contribution >= 4 is 11.6 Å². The lowest BCUT2D eigenvalue weighted by atomic mass is 9.99. The van der Waals surface area contributed by atoms with E-state index in [2.05, 4.69) is 0 Å². The van der Waals surface area contributed by atoms with Gasteiger partial charge in [-0.3, -0.25) is 0 Å². The van der Waals surface area contributed by atoms with Crippen LogP contribution < -0.4 is 0 Å². The number of alkyl halides is 3. The summed E-state index contributed by atoms with van der Waals surface area (Å²) in [6.07, 6.45) is -5.89. The molecule has 6 heteroatoms. The third-order valence-electron chi connectivity index (χ3n) is 2.73. The second kappa shape index (κ2) is 5.42. The summed E-state index contributed by atoms with van der Waals surface area (Å²) in [5.74, 6) is -0.668. The molecule has 1 nitrogen and oxygen atoms in total. The third-order valence-corrected chi connectivity index (χ3v) is 2.95. The third kappa shape index (κ3) is 3.29. The minimum absolute atomic E-state index is 0.0153. The van der Waals surface area contributed by atoms with Crippen LogP contribution in [0.5, 0.6) is 0 Å². The minimum Gasteiger partial charge on any atom is -0.384 e. The molecule has 2 aromatic rings. The molecule has 0 aliphatic carbocycles. The summed E-state index contributed by atoms with van der Waals surface area (Å²) in [5, 5.41) is 10.1. The van der Waals surface area contributed by atoms with Crippen molar-refractivity contribution in [2.45, 2.75) is 12.3 Å². The van der Waals surface area contributed by atoms with E-state index in [-0.39, 0.29) is 16.1 Å². The average molecular weight is 305 g/mol. The second-order valence-corrected chi connectivity index (χ2v) is 4.66. The number of aliphatic hydroxyl groups is 1. The van der Waals surface area contributed by atoms with Crippen molar-refractivity contribution in [3.63, 3.8) is 0 Å². The molecule has 0 amide bonds. The summed E-state index contributed by atoms with van der Waals surface area (Å²) >= 11 is 5.65. The number of hydrogen-bond donors (Lipinski definition) is 1. The fourth-order valence-electron chi connectivity index (χ4n) is 1.81. The lowest BCUT2D eigenvalue weighted by molar-refractivity contribution is -0.137. The van der Waals surface area contributed by atoms with Gasteiger partial charge in [-0.05, 0) is 41.5 Å².